The maximum absolute atomic E-state index is 13.3. The lowest BCUT2D eigenvalue weighted by atomic mass is 9.77. The summed E-state index contributed by atoms with van der Waals surface area (Å²) in [5.74, 6) is -0.573. The van der Waals surface area contributed by atoms with Gasteiger partial charge in [0, 0.05) is 12.6 Å². The van der Waals surface area contributed by atoms with Crippen molar-refractivity contribution in [1.82, 2.24) is 9.38 Å². The number of pyridine rings is 1. The van der Waals surface area contributed by atoms with E-state index in [4.69, 9.17) is 4.74 Å². The summed E-state index contributed by atoms with van der Waals surface area (Å²) in [6.45, 7) is 4.15. The van der Waals surface area contributed by atoms with Gasteiger partial charge in [0.2, 0.25) is 0 Å². The van der Waals surface area contributed by atoms with Gasteiger partial charge in [0.25, 0.3) is 0 Å². The van der Waals surface area contributed by atoms with Gasteiger partial charge >= 0.3 is 5.97 Å². The Morgan fingerprint density at radius 1 is 1.25 bits per heavy atom. The van der Waals surface area contributed by atoms with E-state index >= 15 is 0 Å². The highest BCUT2D eigenvalue weighted by atomic mass is 16.5. The van der Waals surface area contributed by atoms with Crippen molar-refractivity contribution in [3.63, 3.8) is 0 Å². The zero-order valence-electron chi connectivity index (χ0n) is 15.9. The first-order chi connectivity index (χ1) is 13.5. The Morgan fingerprint density at radius 3 is 2.79 bits per heavy atom. The van der Waals surface area contributed by atoms with E-state index in [-0.39, 0.29) is 12.2 Å². The van der Waals surface area contributed by atoms with Gasteiger partial charge in [0.1, 0.15) is 11.1 Å². The molecule has 0 radical (unpaired) electrons. The van der Waals surface area contributed by atoms with E-state index in [0.29, 0.717) is 42.2 Å². The Morgan fingerprint density at radius 2 is 2.04 bits per heavy atom. The minimum absolute atomic E-state index is 0.0904. The molecule has 2 heterocycles. The van der Waals surface area contributed by atoms with Crippen LogP contribution in [-0.2, 0) is 16.6 Å². The summed E-state index contributed by atoms with van der Waals surface area (Å²) in [6.07, 6.45) is 2.76. The fourth-order valence-electron chi connectivity index (χ4n) is 4.29. The second-order valence-electron chi connectivity index (χ2n) is 7.19. The molecule has 0 bridgehead atoms. The molecular weight excluding hydrogens is 356 g/mol. The largest absolute Gasteiger partial charge is 0.490 e. The number of hydrogen-bond acceptors (Lipinski definition) is 4. The molecule has 1 unspecified atom stereocenters. The van der Waals surface area contributed by atoms with Crippen LogP contribution in [0, 0.1) is 6.92 Å². The van der Waals surface area contributed by atoms with E-state index in [9.17, 15) is 14.7 Å². The minimum atomic E-state index is -1.19. The monoisotopic (exact) mass is 378 g/mol. The average molecular weight is 378 g/mol. The Bertz CT molecular complexity index is 1090. The SMILES string of the molecule is CCOc1cccn2c(C(=O)CC3(C(=O)O)CCc4ccccc43)c(C)nc12. The smallest absolute Gasteiger partial charge is 0.314 e. The first-order valence-corrected chi connectivity index (χ1v) is 9.43. The lowest BCUT2D eigenvalue weighted by Crippen LogP contribution is -2.36. The number of aryl methyl sites for hydroxylation is 2. The predicted octanol–water partition coefficient (Wildman–Crippen LogP) is 3.58. The van der Waals surface area contributed by atoms with E-state index in [2.05, 4.69) is 4.98 Å². The third-order valence-corrected chi connectivity index (χ3v) is 5.58. The van der Waals surface area contributed by atoms with Gasteiger partial charge in [-0.25, -0.2) is 4.98 Å². The van der Waals surface area contributed by atoms with Gasteiger partial charge in [-0.15, -0.1) is 0 Å². The van der Waals surface area contributed by atoms with Crippen LogP contribution in [0.15, 0.2) is 42.6 Å². The second kappa shape index (κ2) is 6.78. The summed E-state index contributed by atoms with van der Waals surface area (Å²) < 4.78 is 7.32. The van der Waals surface area contributed by atoms with Gasteiger partial charge in [0.05, 0.1) is 12.3 Å². The maximum atomic E-state index is 13.3. The number of ether oxygens (including phenoxy) is 1. The van der Waals surface area contributed by atoms with Gasteiger partial charge in [-0.2, -0.15) is 0 Å². The highest BCUT2D eigenvalue weighted by Crippen LogP contribution is 2.43. The van der Waals surface area contributed by atoms with Crippen LogP contribution >= 0.6 is 0 Å². The molecule has 1 atom stereocenters. The molecule has 0 spiro atoms. The third kappa shape index (κ3) is 2.68. The number of Topliss-reactive ketones (excluding diaryl/α,β-unsaturated/α-hetero) is 1. The number of benzene rings is 1. The van der Waals surface area contributed by atoms with Crippen LogP contribution in [0.2, 0.25) is 0 Å². The molecule has 0 aliphatic heterocycles. The normalized spacial score (nSPS) is 18.2. The van der Waals surface area contributed by atoms with Crippen molar-refractivity contribution in [2.45, 2.75) is 38.5 Å². The molecule has 0 amide bonds. The van der Waals surface area contributed by atoms with Gasteiger partial charge in [-0.1, -0.05) is 24.3 Å². The predicted molar refractivity (Wildman–Crippen MR) is 104 cm³/mol. The highest BCUT2D eigenvalue weighted by molar-refractivity contribution is 6.01. The Balaban J connectivity index is 1.78. The van der Waals surface area contributed by atoms with Gasteiger partial charge in [-0.05, 0) is 49.9 Å². The zero-order chi connectivity index (χ0) is 19.9. The Hall–Kier alpha value is -3.15. The summed E-state index contributed by atoms with van der Waals surface area (Å²) in [7, 11) is 0. The molecular formula is C22H22N2O4. The van der Waals surface area contributed by atoms with Crippen molar-refractivity contribution in [3.8, 4) is 5.75 Å². The fraction of sp³-hybridized carbons (Fsp3) is 0.318. The van der Waals surface area contributed by atoms with Crippen LogP contribution in [0.3, 0.4) is 0 Å². The molecule has 0 fully saturated rings. The number of imidazole rings is 1. The Kier molecular flexibility index (Phi) is 4.41. The van der Waals surface area contributed by atoms with Crippen LogP contribution in [0.5, 0.6) is 5.75 Å². The fourth-order valence-corrected chi connectivity index (χ4v) is 4.29. The first-order valence-electron chi connectivity index (χ1n) is 9.43. The number of aromatic nitrogens is 2. The number of fused-ring (bicyclic) bond motifs is 2. The van der Waals surface area contributed by atoms with E-state index < -0.39 is 11.4 Å². The molecule has 0 saturated heterocycles. The van der Waals surface area contributed by atoms with Gasteiger partial charge in [-0.3, -0.25) is 14.0 Å². The van der Waals surface area contributed by atoms with Crippen molar-refractivity contribution in [3.05, 3.63) is 65.1 Å². The number of hydrogen-bond donors (Lipinski definition) is 1. The lowest BCUT2D eigenvalue weighted by Gasteiger charge is -2.25. The van der Waals surface area contributed by atoms with Crippen molar-refractivity contribution in [2.75, 3.05) is 6.61 Å². The lowest BCUT2D eigenvalue weighted by molar-refractivity contribution is -0.143. The second-order valence-corrected chi connectivity index (χ2v) is 7.19. The number of nitrogens with zero attached hydrogens (tertiary/aromatic N) is 2. The molecule has 6 heteroatoms. The average Bonchev–Trinajstić information content (AvgIpc) is 3.21. The highest BCUT2D eigenvalue weighted by Gasteiger charge is 2.47. The molecule has 1 N–H and O–H groups in total. The van der Waals surface area contributed by atoms with Gasteiger partial charge < -0.3 is 9.84 Å². The van der Waals surface area contributed by atoms with E-state index in [1.165, 1.54) is 0 Å². The van der Waals surface area contributed by atoms with E-state index in [1.807, 2.05) is 37.3 Å². The van der Waals surface area contributed by atoms with Crippen LogP contribution in [0.25, 0.3) is 5.65 Å². The third-order valence-electron chi connectivity index (χ3n) is 5.58. The summed E-state index contributed by atoms with van der Waals surface area (Å²) in [6, 6.07) is 11.1. The Labute approximate surface area is 162 Å². The van der Waals surface area contributed by atoms with Gasteiger partial charge in [0.15, 0.2) is 17.2 Å². The van der Waals surface area contributed by atoms with E-state index in [1.54, 1.807) is 23.6 Å². The first kappa shape index (κ1) is 18.2. The number of carbonyl (C=O) groups excluding carboxylic acids is 1. The van der Waals surface area contributed by atoms with Crippen LogP contribution in [-0.4, -0.2) is 32.9 Å². The van der Waals surface area contributed by atoms with Crippen LogP contribution in [0.1, 0.15) is 47.1 Å². The van der Waals surface area contributed by atoms with Crippen molar-refractivity contribution >= 4 is 17.4 Å². The molecule has 1 aliphatic carbocycles. The van der Waals surface area contributed by atoms with Crippen molar-refractivity contribution in [2.24, 2.45) is 0 Å². The molecule has 144 valence electrons. The summed E-state index contributed by atoms with van der Waals surface area (Å²) in [5, 5.41) is 10.1. The number of aliphatic carboxylic acids is 1. The molecule has 1 aromatic carbocycles. The summed E-state index contributed by atoms with van der Waals surface area (Å²) >= 11 is 0. The van der Waals surface area contributed by atoms with E-state index in [0.717, 1.165) is 11.1 Å². The molecule has 3 aromatic rings. The number of carboxylic acids is 1. The molecule has 0 saturated carbocycles. The molecule has 4 rings (SSSR count). The summed E-state index contributed by atoms with van der Waals surface area (Å²) in [5.41, 5.74) is 2.12. The van der Waals surface area contributed by atoms with Crippen molar-refractivity contribution < 1.29 is 19.4 Å². The molecule has 28 heavy (non-hydrogen) atoms. The molecule has 1 aliphatic rings. The van der Waals surface area contributed by atoms with Crippen molar-refractivity contribution in [1.29, 1.82) is 0 Å². The minimum Gasteiger partial charge on any atom is -0.490 e. The number of ketones is 1. The standard InChI is InChI=1S/C22H22N2O4/c1-3-28-18-9-6-12-24-19(14(2)23-20(18)24)17(25)13-22(21(26)27)11-10-15-7-4-5-8-16(15)22/h4-9,12H,3,10-11,13H2,1-2H3,(H,26,27). The molecule has 6 nitrogen and oxygen atoms in total. The zero-order valence-corrected chi connectivity index (χ0v) is 15.9. The quantitative estimate of drug-likeness (QED) is 0.663. The van der Waals surface area contributed by atoms with Crippen LogP contribution < -0.4 is 4.74 Å². The number of rotatable bonds is 6. The maximum Gasteiger partial charge on any atom is 0.314 e. The summed E-state index contributed by atoms with van der Waals surface area (Å²) in [4.78, 5) is 30.1. The number of carboxylic acid groups (broad SMARTS) is 1. The number of carbonyl (C=O) groups is 2. The molecule has 2 aromatic heterocycles. The topological polar surface area (TPSA) is 80.9 Å². The van der Waals surface area contributed by atoms with Crippen LogP contribution in [0.4, 0.5) is 0 Å².